The van der Waals surface area contributed by atoms with Gasteiger partial charge in [0.1, 0.15) is 6.17 Å². The van der Waals surface area contributed by atoms with E-state index in [9.17, 15) is 22.7 Å². The SMILES string of the molecule is CC(CCc1cc(C#CC2CC(F)C2)on1)(C(=O)O)S(C)(=O)=O. The Hall–Kier alpha value is -1.88. The third-order valence-electron chi connectivity index (χ3n) is 4.17. The molecule has 0 spiro atoms. The molecule has 1 aromatic rings. The molecule has 0 saturated heterocycles. The number of carbonyl (C=O) groups is 1. The highest BCUT2D eigenvalue weighted by Gasteiger charge is 2.43. The maximum atomic E-state index is 12.7. The van der Waals surface area contributed by atoms with Gasteiger partial charge < -0.3 is 9.63 Å². The number of carboxylic acids is 1. The molecular weight excluding hydrogens is 325 g/mol. The average Bonchev–Trinajstić information content (AvgIpc) is 2.86. The van der Waals surface area contributed by atoms with Gasteiger partial charge in [-0.25, -0.2) is 12.8 Å². The van der Waals surface area contributed by atoms with Gasteiger partial charge in [0.25, 0.3) is 0 Å². The zero-order valence-corrected chi connectivity index (χ0v) is 13.7. The van der Waals surface area contributed by atoms with Gasteiger partial charge in [-0.15, -0.1) is 0 Å². The Bertz CT molecular complexity index is 754. The summed E-state index contributed by atoms with van der Waals surface area (Å²) in [6, 6.07) is 1.54. The Kier molecular flexibility index (Phi) is 4.80. The van der Waals surface area contributed by atoms with Crippen LogP contribution in [0.4, 0.5) is 4.39 Å². The summed E-state index contributed by atoms with van der Waals surface area (Å²) < 4.78 is 39.2. The molecule has 0 bridgehead atoms. The normalized spacial score (nSPS) is 23.3. The number of aryl methyl sites for hydroxylation is 1. The summed E-state index contributed by atoms with van der Waals surface area (Å²) >= 11 is 0. The number of alkyl halides is 1. The minimum absolute atomic E-state index is 0.0269. The summed E-state index contributed by atoms with van der Waals surface area (Å²) in [4.78, 5) is 11.3. The number of aromatic nitrogens is 1. The molecule has 6 nitrogen and oxygen atoms in total. The van der Waals surface area contributed by atoms with Crippen molar-refractivity contribution in [3.8, 4) is 11.8 Å². The minimum atomic E-state index is -3.77. The third-order valence-corrected chi connectivity index (χ3v) is 6.18. The molecule has 0 amide bonds. The summed E-state index contributed by atoms with van der Waals surface area (Å²) in [6.45, 7) is 1.18. The first-order valence-electron chi connectivity index (χ1n) is 7.16. The average molecular weight is 343 g/mol. The van der Waals surface area contributed by atoms with Crippen LogP contribution in [0, 0.1) is 17.8 Å². The highest BCUT2D eigenvalue weighted by Crippen LogP contribution is 2.29. The number of halogens is 1. The zero-order valence-electron chi connectivity index (χ0n) is 12.9. The number of hydrogen-bond donors (Lipinski definition) is 1. The van der Waals surface area contributed by atoms with Crippen LogP contribution >= 0.6 is 0 Å². The molecule has 0 aromatic carbocycles. The standard InChI is InChI=1S/C15H18FNO5S/c1-15(14(18)19,23(2,20)21)6-5-12-9-13(22-17-12)4-3-10-7-11(16)8-10/h9-11H,5-8H2,1-2H3,(H,18,19). The van der Waals surface area contributed by atoms with Gasteiger partial charge in [-0.3, -0.25) is 4.79 Å². The molecule has 1 heterocycles. The zero-order chi connectivity index (χ0) is 17.3. The van der Waals surface area contributed by atoms with Gasteiger partial charge in [0.05, 0.1) is 5.69 Å². The minimum Gasteiger partial charge on any atom is -0.480 e. The first-order valence-corrected chi connectivity index (χ1v) is 9.05. The number of aliphatic carboxylic acids is 1. The van der Waals surface area contributed by atoms with Gasteiger partial charge in [-0.1, -0.05) is 11.1 Å². The van der Waals surface area contributed by atoms with E-state index in [0.29, 0.717) is 24.3 Å². The molecule has 1 unspecified atom stereocenters. The number of rotatable bonds is 5. The summed E-state index contributed by atoms with van der Waals surface area (Å²) in [6.07, 6.45) is 1.00. The van der Waals surface area contributed by atoms with E-state index in [1.54, 1.807) is 6.07 Å². The van der Waals surface area contributed by atoms with Crippen LogP contribution in [0.1, 0.15) is 37.6 Å². The van der Waals surface area contributed by atoms with Gasteiger partial charge in [0.2, 0.25) is 5.76 Å². The van der Waals surface area contributed by atoms with Gasteiger partial charge in [-0.05, 0) is 38.5 Å². The molecule has 1 N–H and O–H groups in total. The second-order valence-corrected chi connectivity index (χ2v) is 8.47. The molecule has 1 aliphatic carbocycles. The fraction of sp³-hybridized carbons (Fsp3) is 0.600. The molecule has 1 saturated carbocycles. The number of sulfone groups is 1. The number of carboxylic acid groups (broad SMARTS) is 1. The lowest BCUT2D eigenvalue weighted by Gasteiger charge is -2.24. The van der Waals surface area contributed by atoms with Crippen LogP contribution in [0.2, 0.25) is 0 Å². The van der Waals surface area contributed by atoms with Crippen LogP contribution < -0.4 is 0 Å². The molecule has 1 atom stereocenters. The van der Waals surface area contributed by atoms with Crippen molar-refractivity contribution in [3.05, 3.63) is 17.5 Å². The van der Waals surface area contributed by atoms with Crippen LogP contribution in [0.15, 0.2) is 10.6 Å². The molecule has 1 fully saturated rings. The summed E-state index contributed by atoms with van der Waals surface area (Å²) in [5.41, 5.74) is 0.433. The smallest absolute Gasteiger partial charge is 0.324 e. The van der Waals surface area contributed by atoms with Crippen LogP contribution in [0.3, 0.4) is 0 Å². The van der Waals surface area contributed by atoms with E-state index in [4.69, 9.17) is 4.52 Å². The van der Waals surface area contributed by atoms with E-state index >= 15 is 0 Å². The van der Waals surface area contributed by atoms with Crippen LogP contribution in [0.25, 0.3) is 0 Å². The van der Waals surface area contributed by atoms with Crippen molar-refractivity contribution < 1.29 is 27.2 Å². The molecule has 0 aliphatic heterocycles. The van der Waals surface area contributed by atoms with E-state index in [-0.39, 0.29) is 18.8 Å². The van der Waals surface area contributed by atoms with Crippen molar-refractivity contribution in [1.82, 2.24) is 5.16 Å². The summed E-state index contributed by atoms with van der Waals surface area (Å²) in [5, 5.41) is 12.9. The Morgan fingerprint density at radius 3 is 2.74 bits per heavy atom. The van der Waals surface area contributed by atoms with Gasteiger partial charge in [0, 0.05) is 18.2 Å². The van der Waals surface area contributed by atoms with Gasteiger partial charge in [0.15, 0.2) is 14.6 Å². The maximum absolute atomic E-state index is 12.7. The highest BCUT2D eigenvalue weighted by atomic mass is 32.2. The van der Waals surface area contributed by atoms with E-state index in [2.05, 4.69) is 17.0 Å². The lowest BCUT2D eigenvalue weighted by atomic mass is 9.84. The predicted octanol–water partition coefficient (Wildman–Crippen LogP) is 1.59. The summed E-state index contributed by atoms with van der Waals surface area (Å²) in [5.74, 6) is 4.57. The Labute approximate surface area is 134 Å². The molecule has 1 aromatic heterocycles. The quantitative estimate of drug-likeness (QED) is 0.816. The predicted molar refractivity (Wildman–Crippen MR) is 80.2 cm³/mol. The second kappa shape index (κ2) is 6.32. The highest BCUT2D eigenvalue weighted by molar-refractivity contribution is 7.92. The van der Waals surface area contributed by atoms with Crippen LogP contribution in [0.5, 0.6) is 0 Å². The molecule has 8 heteroatoms. The molecule has 0 radical (unpaired) electrons. The van der Waals surface area contributed by atoms with Crippen molar-refractivity contribution in [2.75, 3.05) is 6.26 Å². The first kappa shape index (κ1) is 17.5. The Balaban J connectivity index is 2.00. The van der Waals surface area contributed by atoms with Crippen molar-refractivity contribution in [2.24, 2.45) is 5.92 Å². The lowest BCUT2D eigenvalue weighted by molar-refractivity contribution is -0.139. The molecular formula is C15H18FNO5S. The lowest BCUT2D eigenvalue weighted by Crippen LogP contribution is -2.43. The topological polar surface area (TPSA) is 97.5 Å². The number of hydrogen-bond acceptors (Lipinski definition) is 5. The largest absolute Gasteiger partial charge is 0.480 e. The number of nitrogens with zero attached hydrogens (tertiary/aromatic N) is 1. The summed E-state index contributed by atoms with van der Waals surface area (Å²) in [7, 11) is -3.77. The van der Waals surface area contributed by atoms with E-state index in [0.717, 1.165) is 6.26 Å². The fourth-order valence-corrected chi connectivity index (χ4v) is 2.94. The van der Waals surface area contributed by atoms with Crippen molar-refractivity contribution in [3.63, 3.8) is 0 Å². The van der Waals surface area contributed by atoms with E-state index < -0.39 is 26.7 Å². The van der Waals surface area contributed by atoms with E-state index in [1.807, 2.05) is 0 Å². The first-order chi connectivity index (χ1) is 10.6. The van der Waals surface area contributed by atoms with E-state index in [1.165, 1.54) is 6.92 Å². The molecule has 126 valence electrons. The molecule has 1 aliphatic rings. The Morgan fingerprint density at radius 2 is 2.22 bits per heavy atom. The van der Waals surface area contributed by atoms with Gasteiger partial charge >= 0.3 is 5.97 Å². The maximum Gasteiger partial charge on any atom is 0.324 e. The Morgan fingerprint density at radius 1 is 1.57 bits per heavy atom. The van der Waals surface area contributed by atoms with Crippen LogP contribution in [-0.2, 0) is 21.1 Å². The molecule has 23 heavy (non-hydrogen) atoms. The second-order valence-electron chi connectivity index (χ2n) is 6.03. The van der Waals surface area contributed by atoms with Crippen molar-refractivity contribution in [1.29, 1.82) is 0 Å². The molecule has 2 rings (SSSR count). The van der Waals surface area contributed by atoms with Crippen LogP contribution in [-0.4, -0.2) is 41.8 Å². The van der Waals surface area contributed by atoms with Crippen molar-refractivity contribution in [2.45, 2.75) is 43.5 Å². The van der Waals surface area contributed by atoms with Gasteiger partial charge in [-0.2, -0.15) is 0 Å². The fourth-order valence-electron chi connectivity index (χ4n) is 2.15. The van der Waals surface area contributed by atoms with Crippen molar-refractivity contribution >= 4 is 15.8 Å². The monoisotopic (exact) mass is 343 g/mol. The third kappa shape index (κ3) is 3.91.